The van der Waals surface area contributed by atoms with E-state index < -0.39 is 26.3 Å². The predicted molar refractivity (Wildman–Crippen MR) is 86.5 cm³/mol. The lowest BCUT2D eigenvalue weighted by molar-refractivity contribution is -0.118. The van der Waals surface area contributed by atoms with Gasteiger partial charge in [0.05, 0.1) is 5.69 Å². The molecular formula is C16H21FN2O3S. The monoisotopic (exact) mass is 340 g/mol. The van der Waals surface area contributed by atoms with Crippen molar-refractivity contribution in [1.82, 2.24) is 5.32 Å². The van der Waals surface area contributed by atoms with Crippen LogP contribution in [0.1, 0.15) is 36.8 Å². The Hall–Kier alpha value is -1.47. The maximum Gasteiger partial charge on any atom is 0.245 e. The summed E-state index contributed by atoms with van der Waals surface area (Å²) in [6.45, 7) is 1.29. The third-order valence-electron chi connectivity index (χ3n) is 4.99. The van der Waals surface area contributed by atoms with Crippen LogP contribution in [0.15, 0.2) is 12.1 Å². The zero-order chi connectivity index (χ0) is 16.7. The molecule has 1 saturated carbocycles. The highest BCUT2D eigenvalue weighted by molar-refractivity contribution is 7.92. The van der Waals surface area contributed by atoms with Crippen molar-refractivity contribution in [1.29, 1.82) is 0 Å². The number of hydrogen-bond acceptors (Lipinski definition) is 4. The second-order valence-corrected chi connectivity index (χ2v) is 8.75. The Morgan fingerprint density at radius 2 is 2.00 bits per heavy atom. The van der Waals surface area contributed by atoms with Gasteiger partial charge in [0.25, 0.3) is 0 Å². The number of sulfone groups is 1. The van der Waals surface area contributed by atoms with Gasteiger partial charge in [-0.2, -0.15) is 0 Å². The second-order valence-electron chi connectivity index (χ2n) is 6.42. The van der Waals surface area contributed by atoms with E-state index in [1.165, 1.54) is 6.07 Å². The summed E-state index contributed by atoms with van der Waals surface area (Å²) < 4.78 is 37.5. The van der Waals surface area contributed by atoms with Gasteiger partial charge in [-0.05, 0) is 43.0 Å². The second kappa shape index (κ2) is 5.87. The summed E-state index contributed by atoms with van der Waals surface area (Å²) in [5.41, 5.74) is 1.55. The largest absolute Gasteiger partial charge is 0.322 e. The first-order chi connectivity index (χ1) is 10.8. The van der Waals surface area contributed by atoms with Gasteiger partial charge in [-0.15, -0.1) is 0 Å². The molecule has 126 valence electrons. The zero-order valence-corrected chi connectivity index (χ0v) is 13.9. The predicted octanol–water partition coefficient (Wildman–Crippen LogP) is 1.77. The average Bonchev–Trinajstić information content (AvgIpc) is 3.01. The van der Waals surface area contributed by atoms with Crippen molar-refractivity contribution in [2.45, 2.75) is 43.4 Å². The Bertz CT molecular complexity index is 740. The first-order valence-corrected chi connectivity index (χ1v) is 9.76. The standard InChI is InChI=1S/C16H21FN2O3S/c1-23(21,22)16(7-2-3-8-16)15(20)19-13-5-4-11-10-18-9-6-12(11)14(13)17/h4-5,18H,2-3,6-10H2,1H3,(H,19,20). The van der Waals surface area contributed by atoms with Crippen molar-refractivity contribution < 1.29 is 17.6 Å². The van der Waals surface area contributed by atoms with Crippen LogP contribution >= 0.6 is 0 Å². The number of carbonyl (C=O) groups excluding carboxylic acids is 1. The minimum absolute atomic E-state index is 0.0746. The van der Waals surface area contributed by atoms with Crippen molar-refractivity contribution >= 4 is 21.4 Å². The summed E-state index contributed by atoms with van der Waals surface area (Å²) in [7, 11) is -3.56. The van der Waals surface area contributed by atoms with Gasteiger partial charge in [0.2, 0.25) is 5.91 Å². The minimum Gasteiger partial charge on any atom is -0.322 e. The molecule has 1 aliphatic heterocycles. The molecule has 1 aliphatic carbocycles. The summed E-state index contributed by atoms with van der Waals surface area (Å²) in [5, 5.41) is 5.70. The van der Waals surface area contributed by atoms with Crippen molar-refractivity contribution in [3.8, 4) is 0 Å². The lowest BCUT2D eigenvalue weighted by Gasteiger charge is -2.26. The first-order valence-electron chi connectivity index (χ1n) is 7.87. The third-order valence-corrected chi connectivity index (χ3v) is 7.00. The van der Waals surface area contributed by atoms with Crippen LogP contribution in [0.3, 0.4) is 0 Å². The van der Waals surface area contributed by atoms with Crippen LogP contribution in [-0.2, 0) is 27.6 Å². The fourth-order valence-electron chi connectivity index (χ4n) is 3.58. The molecule has 1 aromatic carbocycles. The van der Waals surface area contributed by atoms with E-state index in [1.54, 1.807) is 6.07 Å². The number of benzene rings is 1. The topological polar surface area (TPSA) is 75.3 Å². The molecule has 23 heavy (non-hydrogen) atoms. The van der Waals surface area contributed by atoms with Gasteiger partial charge < -0.3 is 10.6 Å². The normalized spacial score (nSPS) is 20.1. The molecule has 1 fully saturated rings. The maximum atomic E-state index is 14.6. The zero-order valence-electron chi connectivity index (χ0n) is 13.1. The van der Waals surface area contributed by atoms with Crippen LogP contribution in [0.4, 0.5) is 10.1 Å². The van der Waals surface area contributed by atoms with Gasteiger partial charge >= 0.3 is 0 Å². The summed E-state index contributed by atoms with van der Waals surface area (Å²) >= 11 is 0. The Balaban J connectivity index is 1.91. The molecule has 0 saturated heterocycles. The lowest BCUT2D eigenvalue weighted by atomic mass is 9.99. The quantitative estimate of drug-likeness (QED) is 0.879. The lowest BCUT2D eigenvalue weighted by Crippen LogP contribution is -2.47. The molecule has 1 aromatic rings. The van der Waals surface area contributed by atoms with Crippen LogP contribution in [-0.4, -0.2) is 31.9 Å². The van der Waals surface area contributed by atoms with E-state index in [0.29, 0.717) is 50.8 Å². The minimum atomic E-state index is -3.56. The molecular weight excluding hydrogens is 319 g/mol. The van der Waals surface area contributed by atoms with Crippen LogP contribution in [0, 0.1) is 5.82 Å². The maximum absolute atomic E-state index is 14.6. The van der Waals surface area contributed by atoms with E-state index in [0.717, 1.165) is 11.8 Å². The molecule has 7 heteroatoms. The highest BCUT2D eigenvalue weighted by Crippen LogP contribution is 2.38. The first kappa shape index (κ1) is 16.4. The van der Waals surface area contributed by atoms with Crippen molar-refractivity contribution in [3.63, 3.8) is 0 Å². The fourth-order valence-corrected chi connectivity index (χ4v) is 5.00. The number of fused-ring (bicyclic) bond motifs is 1. The van der Waals surface area contributed by atoms with Gasteiger partial charge in [0, 0.05) is 12.8 Å². The van der Waals surface area contributed by atoms with Crippen molar-refractivity contribution in [2.75, 3.05) is 18.1 Å². The average molecular weight is 340 g/mol. The van der Waals surface area contributed by atoms with Crippen LogP contribution in [0.5, 0.6) is 0 Å². The highest BCUT2D eigenvalue weighted by Gasteiger charge is 2.50. The molecule has 2 aliphatic rings. The van der Waals surface area contributed by atoms with E-state index in [4.69, 9.17) is 0 Å². The Kier molecular flexibility index (Phi) is 4.18. The summed E-state index contributed by atoms with van der Waals surface area (Å²) in [4.78, 5) is 12.6. The molecule has 2 N–H and O–H groups in total. The van der Waals surface area contributed by atoms with Crippen LogP contribution < -0.4 is 10.6 Å². The van der Waals surface area contributed by atoms with Gasteiger partial charge in [-0.3, -0.25) is 4.79 Å². The van der Waals surface area contributed by atoms with E-state index in [9.17, 15) is 17.6 Å². The van der Waals surface area contributed by atoms with Gasteiger partial charge in [0.15, 0.2) is 14.6 Å². The molecule has 3 rings (SSSR count). The fraction of sp³-hybridized carbons (Fsp3) is 0.562. The number of halogens is 1. The number of amides is 1. The van der Waals surface area contributed by atoms with Gasteiger partial charge in [-0.1, -0.05) is 18.9 Å². The summed E-state index contributed by atoms with van der Waals surface area (Å²) in [5.74, 6) is -1.05. The number of nitrogens with one attached hydrogen (secondary N) is 2. The smallest absolute Gasteiger partial charge is 0.245 e. The summed E-state index contributed by atoms with van der Waals surface area (Å²) in [6.07, 6.45) is 3.63. The molecule has 0 bridgehead atoms. The van der Waals surface area contributed by atoms with E-state index >= 15 is 0 Å². The number of hydrogen-bond donors (Lipinski definition) is 2. The van der Waals surface area contributed by atoms with Gasteiger partial charge in [-0.25, -0.2) is 12.8 Å². The van der Waals surface area contributed by atoms with E-state index in [1.807, 2.05) is 0 Å². The van der Waals surface area contributed by atoms with Crippen molar-refractivity contribution in [2.24, 2.45) is 0 Å². The molecule has 0 unspecified atom stereocenters. The summed E-state index contributed by atoms with van der Waals surface area (Å²) in [6, 6.07) is 3.30. The SMILES string of the molecule is CS(=O)(=O)C1(C(=O)Nc2ccc3c(c2F)CCNC3)CCCC1. The van der Waals surface area contributed by atoms with Gasteiger partial charge in [0.1, 0.15) is 5.82 Å². The van der Waals surface area contributed by atoms with Crippen LogP contribution in [0.2, 0.25) is 0 Å². The highest BCUT2D eigenvalue weighted by atomic mass is 32.2. The molecule has 0 radical (unpaired) electrons. The Morgan fingerprint density at radius 1 is 1.30 bits per heavy atom. The third kappa shape index (κ3) is 2.76. The Labute approximate surface area is 135 Å². The number of rotatable bonds is 3. The molecule has 0 aromatic heterocycles. The molecule has 5 nitrogen and oxygen atoms in total. The van der Waals surface area contributed by atoms with Crippen LogP contribution in [0.25, 0.3) is 0 Å². The van der Waals surface area contributed by atoms with E-state index in [-0.39, 0.29) is 5.69 Å². The number of carbonyl (C=O) groups is 1. The van der Waals surface area contributed by atoms with E-state index in [2.05, 4.69) is 10.6 Å². The Morgan fingerprint density at radius 3 is 2.65 bits per heavy atom. The molecule has 1 amide bonds. The molecule has 0 atom stereocenters. The van der Waals surface area contributed by atoms with Crippen molar-refractivity contribution in [3.05, 3.63) is 29.1 Å². The molecule has 0 spiro atoms. The number of anilines is 1. The molecule has 1 heterocycles.